The van der Waals surface area contributed by atoms with Crippen LogP contribution in [-0.4, -0.2) is 51.1 Å². The minimum atomic E-state index is -3.78. The van der Waals surface area contributed by atoms with Gasteiger partial charge in [-0.2, -0.15) is 0 Å². The van der Waals surface area contributed by atoms with E-state index in [-0.39, 0.29) is 36.0 Å². The number of hydrogen-bond acceptors (Lipinski definition) is 4. The van der Waals surface area contributed by atoms with Gasteiger partial charge in [0.2, 0.25) is 5.91 Å². The largest absolute Gasteiger partial charge is 0.372 e. The zero-order valence-corrected chi connectivity index (χ0v) is 17.9. The molecule has 0 bridgehead atoms. The third-order valence-corrected chi connectivity index (χ3v) is 6.80. The Balaban J connectivity index is 1.81. The molecule has 6 nitrogen and oxygen atoms in total. The smallest absolute Gasteiger partial charge is 0.264 e. The SMILES string of the molecule is Cc1ccc(S(=O)(=O)N(CCC(=O)N2CC(C)OC(C)C2)c2ccccc2)cc1. The predicted octanol–water partition coefficient (Wildman–Crippen LogP) is 3.22. The summed E-state index contributed by atoms with van der Waals surface area (Å²) >= 11 is 0. The summed E-state index contributed by atoms with van der Waals surface area (Å²) in [6, 6.07) is 15.7. The van der Waals surface area contributed by atoms with Gasteiger partial charge in [0.15, 0.2) is 0 Å². The Morgan fingerprint density at radius 2 is 1.62 bits per heavy atom. The molecule has 0 saturated carbocycles. The molecule has 7 heteroatoms. The topological polar surface area (TPSA) is 66.9 Å². The second-order valence-corrected chi connectivity index (χ2v) is 9.39. The van der Waals surface area contributed by atoms with Crippen LogP contribution >= 0.6 is 0 Å². The van der Waals surface area contributed by atoms with Gasteiger partial charge in [0, 0.05) is 26.1 Å². The van der Waals surface area contributed by atoms with E-state index < -0.39 is 10.0 Å². The van der Waals surface area contributed by atoms with Gasteiger partial charge in [-0.25, -0.2) is 8.42 Å². The van der Waals surface area contributed by atoms with E-state index in [1.54, 1.807) is 53.4 Å². The zero-order chi connectivity index (χ0) is 21.0. The molecule has 1 fully saturated rings. The predicted molar refractivity (Wildman–Crippen MR) is 113 cm³/mol. The van der Waals surface area contributed by atoms with Gasteiger partial charge in [0.25, 0.3) is 10.0 Å². The Morgan fingerprint density at radius 3 is 2.21 bits per heavy atom. The van der Waals surface area contributed by atoms with Crippen molar-refractivity contribution in [3.63, 3.8) is 0 Å². The third kappa shape index (κ3) is 5.16. The van der Waals surface area contributed by atoms with E-state index in [2.05, 4.69) is 0 Å². The number of carbonyl (C=O) groups is 1. The average Bonchev–Trinajstić information content (AvgIpc) is 2.68. The molecule has 156 valence electrons. The summed E-state index contributed by atoms with van der Waals surface area (Å²) in [5, 5.41) is 0. The van der Waals surface area contributed by atoms with E-state index in [0.29, 0.717) is 18.8 Å². The number of anilines is 1. The molecule has 1 aliphatic rings. The van der Waals surface area contributed by atoms with Crippen LogP contribution in [0.25, 0.3) is 0 Å². The molecule has 1 heterocycles. The molecule has 2 atom stereocenters. The molecule has 2 unspecified atom stereocenters. The Bertz CT molecular complexity index is 919. The molecule has 0 aliphatic carbocycles. The Labute approximate surface area is 173 Å². The summed E-state index contributed by atoms with van der Waals surface area (Å²) in [5.74, 6) is -0.0629. The molecule has 1 saturated heterocycles. The first-order valence-electron chi connectivity index (χ1n) is 9.85. The number of para-hydroxylation sites is 1. The molecule has 3 rings (SSSR count). The van der Waals surface area contributed by atoms with Crippen LogP contribution in [0, 0.1) is 6.92 Å². The fourth-order valence-corrected chi connectivity index (χ4v) is 5.02. The number of amides is 1. The van der Waals surface area contributed by atoms with E-state index >= 15 is 0 Å². The van der Waals surface area contributed by atoms with Gasteiger partial charge in [0.1, 0.15) is 0 Å². The molecule has 2 aromatic rings. The number of hydrogen-bond donors (Lipinski definition) is 0. The first-order chi connectivity index (χ1) is 13.8. The van der Waals surface area contributed by atoms with E-state index in [1.165, 1.54) is 4.31 Å². The highest BCUT2D eigenvalue weighted by atomic mass is 32.2. The summed E-state index contributed by atoms with van der Waals surface area (Å²) < 4.78 is 33.6. The summed E-state index contributed by atoms with van der Waals surface area (Å²) in [5.41, 5.74) is 1.53. The minimum absolute atomic E-state index is 0.0239. The minimum Gasteiger partial charge on any atom is -0.372 e. The Hall–Kier alpha value is -2.38. The lowest BCUT2D eigenvalue weighted by Gasteiger charge is -2.35. The van der Waals surface area contributed by atoms with E-state index in [0.717, 1.165) is 5.56 Å². The normalized spacial score (nSPS) is 19.8. The van der Waals surface area contributed by atoms with Crippen molar-refractivity contribution in [3.8, 4) is 0 Å². The number of carbonyl (C=O) groups excluding carboxylic acids is 1. The van der Waals surface area contributed by atoms with Crippen LogP contribution in [-0.2, 0) is 19.6 Å². The fourth-order valence-electron chi connectivity index (χ4n) is 3.56. The highest BCUT2D eigenvalue weighted by Crippen LogP contribution is 2.24. The van der Waals surface area contributed by atoms with Crippen LogP contribution in [0.1, 0.15) is 25.8 Å². The highest BCUT2D eigenvalue weighted by Gasteiger charge is 2.29. The summed E-state index contributed by atoms with van der Waals surface area (Å²) in [6.07, 6.45) is 0.0628. The Morgan fingerprint density at radius 1 is 1.03 bits per heavy atom. The van der Waals surface area contributed by atoms with E-state index in [1.807, 2.05) is 26.8 Å². The first kappa shape index (κ1) is 21.3. The third-order valence-electron chi connectivity index (χ3n) is 4.95. The molecule has 1 amide bonds. The maximum Gasteiger partial charge on any atom is 0.264 e. The number of aryl methyl sites for hydroxylation is 1. The van der Waals surface area contributed by atoms with Crippen LogP contribution in [0.4, 0.5) is 5.69 Å². The number of morpholine rings is 1. The fraction of sp³-hybridized carbons (Fsp3) is 0.409. The molecule has 0 aromatic heterocycles. The molecular weight excluding hydrogens is 388 g/mol. The van der Waals surface area contributed by atoms with Crippen LogP contribution in [0.3, 0.4) is 0 Å². The van der Waals surface area contributed by atoms with Crippen molar-refractivity contribution in [2.24, 2.45) is 0 Å². The molecule has 1 aliphatic heterocycles. The first-order valence-corrected chi connectivity index (χ1v) is 11.3. The molecular formula is C22H28N2O4S. The maximum atomic E-state index is 13.3. The maximum absolute atomic E-state index is 13.3. The number of rotatable bonds is 6. The van der Waals surface area contributed by atoms with Crippen molar-refractivity contribution in [1.82, 2.24) is 4.90 Å². The number of ether oxygens (including phenoxy) is 1. The number of sulfonamides is 1. The van der Waals surface area contributed by atoms with Gasteiger partial charge < -0.3 is 9.64 Å². The molecule has 0 N–H and O–H groups in total. The highest BCUT2D eigenvalue weighted by molar-refractivity contribution is 7.92. The van der Waals surface area contributed by atoms with Gasteiger partial charge in [-0.1, -0.05) is 35.9 Å². The van der Waals surface area contributed by atoms with E-state index in [9.17, 15) is 13.2 Å². The lowest BCUT2D eigenvalue weighted by atomic mass is 10.2. The number of benzene rings is 2. The van der Waals surface area contributed by atoms with Crippen molar-refractivity contribution < 1.29 is 17.9 Å². The van der Waals surface area contributed by atoms with Crippen molar-refractivity contribution in [1.29, 1.82) is 0 Å². The quantitative estimate of drug-likeness (QED) is 0.725. The molecule has 0 radical (unpaired) electrons. The van der Waals surface area contributed by atoms with Gasteiger partial charge in [-0.05, 0) is 45.0 Å². The lowest BCUT2D eigenvalue weighted by molar-refractivity contribution is -0.142. The Kier molecular flexibility index (Phi) is 6.59. The zero-order valence-electron chi connectivity index (χ0n) is 17.1. The van der Waals surface area contributed by atoms with Crippen LogP contribution < -0.4 is 4.31 Å². The van der Waals surface area contributed by atoms with Gasteiger partial charge >= 0.3 is 0 Å². The molecule has 2 aromatic carbocycles. The van der Waals surface area contributed by atoms with E-state index in [4.69, 9.17) is 4.74 Å². The molecule has 0 spiro atoms. The van der Waals surface area contributed by atoms with Gasteiger partial charge in [-0.15, -0.1) is 0 Å². The van der Waals surface area contributed by atoms with Crippen molar-refractivity contribution in [2.45, 2.75) is 44.3 Å². The summed E-state index contributed by atoms with van der Waals surface area (Å²) in [4.78, 5) is 14.8. The van der Waals surface area contributed by atoms with Crippen molar-refractivity contribution >= 4 is 21.6 Å². The lowest BCUT2D eigenvalue weighted by Crippen LogP contribution is -2.49. The van der Waals surface area contributed by atoms with Gasteiger partial charge in [0.05, 0.1) is 22.8 Å². The monoisotopic (exact) mass is 416 g/mol. The number of nitrogens with zero attached hydrogens (tertiary/aromatic N) is 2. The van der Waals surface area contributed by atoms with Crippen LogP contribution in [0.15, 0.2) is 59.5 Å². The second-order valence-electron chi connectivity index (χ2n) is 7.53. The standard InChI is InChI=1S/C22H28N2O4S/c1-17-9-11-21(12-10-17)29(26,27)24(20-7-5-4-6-8-20)14-13-22(25)23-15-18(2)28-19(3)16-23/h4-12,18-19H,13-16H2,1-3H3. The van der Waals surface area contributed by atoms with Crippen molar-refractivity contribution in [2.75, 3.05) is 23.9 Å². The van der Waals surface area contributed by atoms with Crippen molar-refractivity contribution in [3.05, 3.63) is 60.2 Å². The second kappa shape index (κ2) is 8.97. The van der Waals surface area contributed by atoms with Gasteiger partial charge in [-0.3, -0.25) is 9.10 Å². The average molecular weight is 417 g/mol. The van der Waals surface area contributed by atoms with Crippen LogP contribution in [0.5, 0.6) is 0 Å². The van der Waals surface area contributed by atoms with Crippen LogP contribution in [0.2, 0.25) is 0 Å². The molecule has 29 heavy (non-hydrogen) atoms. The summed E-state index contributed by atoms with van der Waals surface area (Å²) in [7, 11) is -3.78. The summed E-state index contributed by atoms with van der Waals surface area (Å²) in [6.45, 7) is 6.92.